The lowest BCUT2D eigenvalue weighted by Gasteiger charge is -2.15. The molecule has 0 spiro atoms. The van der Waals surface area contributed by atoms with Gasteiger partial charge in [0.25, 0.3) is 0 Å². The summed E-state index contributed by atoms with van der Waals surface area (Å²) in [5.74, 6) is 0.111. The second-order valence-corrected chi connectivity index (χ2v) is 5.95. The molecule has 0 fully saturated rings. The number of nitrogens with one attached hydrogen (secondary N) is 1. The molecule has 3 heteroatoms. The van der Waals surface area contributed by atoms with E-state index in [2.05, 4.69) is 35.6 Å². The van der Waals surface area contributed by atoms with Crippen LogP contribution in [-0.2, 0) is 17.6 Å². The number of anilines is 1. The number of carbonyl (C=O) groups excluding carboxylic acids is 1. The Bertz CT molecular complexity index is 652. The van der Waals surface area contributed by atoms with Crippen molar-refractivity contribution in [2.75, 3.05) is 5.32 Å². The van der Waals surface area contributed by atoms with Crippen molar-refractivity contribution < 1.29 is 4.79 Å². The molecule has 1 heterocycles. The molecule has 0 saturated carbocycles. The number of aryl methyl sites for hydroxylation is 2. The minimum absolute atomic E-state index is 0.0319. The molecular formula is C19H22N2O. The lowest BCUT2D eigenvalue weighted by atomic mass is 9.96. The zero-order valence-corrected chi connectivity index (χ0v) is 12.7. The average Bonchev–Trinajstić information content (AvgIpc) is 2.73. The topological polar surface area (TPSA) is 55.1 Å². The quantitative estimate of drug-likeness (QED) is 0.905. The van der Waals surface area contributed by atoms with Crippen LogP contribution in [0, 0.1) is 0 Å². The molecule has 1 unspecified atom stereocenters. The summed E-state index contributed by atoms with van der Waals surface area (Å²) in [6.45, 7) is 0. The first-order chi connectivity index (χ1) is 10.7. The van der Waals surface area contributed by atoms with Gasteiger partial charge in [0.2, 0.25) is 5.91 Å². The minimum atomic E-state index is 0.0319. The molecule has 0 bridgehead atoms. The Morgan fingerprint density at radius 2 is 1.91 bits per heavy atom. The van der Waals surface area contributed by atoms with Crippen LogP contribution in [0.3, 0.4) is 0 Å². The van der Waals surface area contributed by atoms with Crippen molar-refractivity contribution in [1.29, 1.82) is 0 Å². The van der Waals surface area contributed by atoms with Crippen LogP contribution >= 0.6 is 0 Å². The van der Waals surface area contributed by atoms with Crippen LogP contribution in [0.2, 0.25) is 0 Å². The van der Waals surface area contributed by atoms with E-state index in [0.29, 0.717) is 6.42 Å². The Morgan fingerprint density at radius 3 is 2.73 bits per heavy atom. The maximum Gasteiger partial charge on any atom is 0.224 e. The van der Waals surface area contributed by atoms with Crippen molar-refractivity contribution >= 4 is 11.6 Å². The van der Waals surface area contributed by atoms with E-state index >= 15 is 0 Å². The predicted molar refractivity (Wildman–Crippen MR) is 89.7 cm³/mol. The van der Waals surface area contributed by atoms with Crippen molar-refractivity contribution in [1.82, 2.24) is 0 Å². The van der Waals surface area contributed by atoms with Gasteiger partial charge in [-0.25, -0.2) is 0 Å². The second-order valence-electron chi connectivity index (χ2n) is 5.95. The summed E-state index contributed by atoms with van der Waals surface area (Å²) < 4.78 is 0. The molecule has 1 atom stereocenters. The number of hydrogen-bond acceptors (Lipinski definition) is 2. The molecule has 0 radical (unpaired) electrons. The number of rotatable bonds is 4. The van der Waals surface area contributed by atoms with E-state index in [1.54, 1.807) is 0 Å². The maximum atomic E-state index is 11.6. The minimum Gasteiger partial charge on any atom is -0.326 e. The molecule has 3 nitrogen and oxygen atoms in total. The Balaban J connectivity index is 1.69. The summed E-state index contributed by atoms with van der Waals surface area (Å²) in [4.78, 5) is 11.6. The van der Waals surface area contributed by atoms with Gasteiger partial charge in [0.15, 0.2) is 0 Å². The fourth-order valence-corrected chi connectivity index (χ4v) is 2.96. The van der Waals surface area contributed by atoms with E-state index in [4.69, 9.17) is 5.73 Å². The van der Waals surface area contributed by atoms with Gasteiger partial charge in [-0.3, -0.25) is 4.79 Å². The van der Waals surface area contributed by atoms with Crippen LogP contribution in [0.15, 0.2) is 48.5 Å². The smallest absolute Gasteiger partial charge is 0.224 e. The van der Waals surface area contributed by atoms with Crippen LogP contribution < -0.4 is 11.1 Å². The van der Waals surface area contributed by atoms with Crippen molar-refractivity contribution in [3.05, 3.63) is 65.2 Å². The van der Waals surface area contributed by atoms with Gasteiger partial charge >= 0.3 is 0 Å². The van der Waals surface area contributed by atoms with E-state index in [-0.39, 0.29) is 11.9 Å². The van der Waals surface area contributed by atoms with Gasteiger partial charge in [0.1, 0.15) is 0 Å². The van der Waals surface area contributed by atoms with E-state index < -0.39 is 0 Å². The summed E-state index contributed by atoms with van der Waals surface area (Å²) >= 11 is 0. The second kappa shape index (κ2) is 6.75. The predicted octanol–water partition coefficient (Wildman–Crippen LogP) is 3.59. The van der Waals surface area contributed by atoms with E-state index in [1.807, 2.05) is 18.2 Å². The summed E-state index contributed by atoms with van der Waals surface area (Å²) in [6.07, 6.45) is 4.35. The lowest BCUT2D eigenvalue weighted by Crippen LogP contribution is -2.13. The zero-order valence-electron chi connectivity index (χ0n) is 12.7. The van der Waals surface area contributed by atoms with E-state index in [9.17, 15) is 4.79 Å². The highest BCUT2D eigenvalue weighted by molar-refractivity contribution is 5.92. The summed E-state index contributed by atoms with van der Waals surface area (Å²) in [6, 6.07) is 16.7. The molecule has 22 heavy (non-hydrogen) atoms. The van der Waals surface area contributed by atoms with E-state index in [1.165, 1.54) is 11.1 Å². The van der Waals surface area contributed by atoms with Gasteiger partial charge in [-0.05, 0) is 48.4 Å². The van der Waals surface area contributed by atoms with Crippen LogP contribution in [0.25, 0.3) is 0 Å². The molecule has 0 aliphatic carbocycles. The fourth-order valence-electron chi connectivity index (χ4n) is 2.96. The fraction of sp³-hybridized carbons (Fsp3) is 0.316. The van der Waals surface area contributed by atoms with Crippen LogP contribution in [-0.4, -0.2) is 5.91 Å². The summed E-state index contributed by atoms with van der Waals surface area (Å²) in [5.41, 5.74) is 11.0. The highest BCUT2D eigenvalue weighted by Crippen LogP contribution is 2.26. The van der Waals surface area contributed by atoms with Gasteiger partial charge < -0.3 is 11.1 Å². The molecule has 0 aromatic heterocycles. The maximum absolute atomic E-state index is 11.6. The van der Waals surface area contributed by atoms with Gasteiger partial charge in [0, 0.05) is 18.2 Å². The third-order valence-corrected chi connectivity index (χ3v) is 4.27. The van der Waals surface area contributed by atoms with Crippen molar-refractivity contribution in [2.45, 2.75) is 38.1 Å². The number of nitrogens with two attached hydrogens (primary N) is 1. The van der Waals surface area contributed by atoms with Gasteiger partial charge in [-0.1, -0.05) is 42.5 Å². The molecule has 2 aromatic carbocycles. The first-order valence-corrected chi connectivity index (χ1v) is 7.94. The van der Waals surface area contributed by atoms with Gasteiger partial charge in [-0.15, -0.1) is 0 Å². The third-order valence-electron chi connectivity index (χ3n) is 4.27. The first-order valence-electron chi connectivity index (χ1n) is 7.94. The molecule has 1 amide bonds. The molecule has 0 saturated heterocycles. The molecule has 2 aromatic rings. The number of amides is 1. The highest BCUT2D eigenvalue weighted by atomic mass is 16.1. The molecule has 114 valence electrons. The van der Waals surface area contributed by atoms with Crippen LogP contribution in [0.5, 0.6) is 0 Å². The Hall–Kier alpha value is -2.13. The largest absolute Gasteiger partial charge is 0.326 e. The van der Waals surface area contributed by atoms with Crippen molar-refractivity contribution in [2.24, 2.45) is 5.73 Å². The third kappa shape index (κ3) is 3.55. The number of carbonyl (C=O) groups is 1. The molecule has 1 aliphatic rings. The zero-order chi connectivity index (χ0) is 15.4. The monoisotopic (exact) mass is 294 g/mol. The Kier molecular flexibility index (Phi) is 4.54. The number of benzene rings is 2. The molecular weight excluding hydrogens is 272 g/mol. The lowest BCUT2D eigenvalue weighted by molar-refractivity contribution is -0.116. The Morgan fingerprint density at radius 1 is 1.09 bits per heavy atom. The normalized spacial score (nSPS) is 15.6. The number of fused-ring (bicyclic) bond motifs is 1. The molecule has 3 rings (SSSR count). The standard InChI is InChI=1S/C19H22N2O/c20-17(11-9-14-5-2-1-3-6-14)15-10-12-18-16(13-15)7-4-8-19(22)21-18/h1-3,5-6,10,12-13,17H,4,7-9,11,20H2,(H,21,22). The van der Waals surface area contributed by atoms with E-state index in [0.717, 1.165) is 36.9 Å². The SMILES string of the molecule is NC(CCc1ccccc1)c1ccc2c(c1)CCCC(=O)N2. The van der Waals surface area contributed by atoms with Crippen LogP contribution in [0.1, 0.15) is 42.0 Å². The Labute approximate surface area is 131 Å². The van der Waals surface area contributed by atoms with Crippen molar-refractivity contribution in [3.8, 4) is 0 Å². The summed E-state index contributed by atoms with van der Waals surface area (Å²) in [5, 5.41) is 2.97. The van der Waals surface area contributed by atoms with Crippen molar-refractivity contribution in [3.63, 3.8) is 0 Å². The number of hydrogen-bond donors (Lipinski definition) is 2. The highest BCUT2D eigenvalue weighted by Gasteiger charge is 2.15. The summed E-state index contributed by atoms with van der Waals surface area (Å²) in [7, 11) is 0. The molecule has 3 N–H and O–H groups in total. The van der Waals surface area contributed by atoms with Gasteiger partial charge in [0.05, 0.1) is 0 Å². The van der Waals surface area contributed by atoms with Crippen LogP contribution in [0.4, 0.5) is 5.69 Å². The molecule has 1 aliphatic heterocycles. The average molecular weight is 294 g/mol. The first kappa shape index (κ1) is 14.8. The van der Waals surface area contributed by atoms with Gasteiger partial charge in [-0.2, -0.15) is 0 Å².